The van der Waals surface area contributed by atoms with E-state index < -0.39 is 0 Å². The van der Waals surface area contributed by atoms with E-state index in [0.29, 0.717) is 30.0 Å². The molecule has 134 valence electrons. The van der Waals surface area contributed by atoms with E-state index in [1.54, 1.807) is 21.3 Å². The van der Waals surface area contributed by atoms with Crippen molar-refractivity contribution in [3.05, 3.63) is 52.7 Å². The highest BCUT2D eigenvalue weighted by Crippen LogP contribution is 2.22. The van der Waals surface area contributed by atoms with Gasteiger partial charge >= 0.3 is 0 Å². The summed E-state index contributed by atoms with van der Waals surface area (Å²) in [6.07, 6.45) is 0.779. The standard InChI is InChI=1S/C18H23ClN4O2/c1-20-18(22-12-14-5-4-6-17(23-14)25-3)21-10-9-13-7-8-15(24-2)11-16(13)19/h4-8,11H,9-10,12H2,1-3H3,(H2,20,21,22). The molecule has 2 aromatic rings. The van der Waals surface area contributed by atoms with Gasteiger partial charge in [-0.3, -0.25) is 4.99 Å². The highest BCUT2D eigenvalue weighted by Gasteiger charge is 2.04. The lowest BCUT2D eigenvalue weighted by Crippen LogP contribution is -2.38. The Morgan fingerprint density at radius 3 is 2.68 bits per heavy atom. The number of halogens is 1. The third kappa shape index (κ3) is 5.83. The molecule has 1 aromatic carbocycles. The Balaban J connectivity index is 1.82. The van der Waals surface area contributed by atoms with E-state index >= 15 is 0 Å². The predicted octanol–water partition coefficient (Wildman–Crippen LogP) is 2.66. The van der Waals surface area contributed by atoms with Gasteiger partial charge in [0, 0.05) is 24.7 Å². The summed E-state index contributed by atoms with van der Waals surface area (Å²) in [5, 5.41) is 7.19. The van der Waals surface area contributed by atoms with Crippen LogP contribution < -0.4 is 20.1 Å². The number of aromatic nitrogens is 1. The number of hydrogen-bond donors (Lipinski definition) is 2. The molecule has 0 aliphatic heterocycles. The van der Waals surface area contributed by atoms with Crippen LogP contribution in [-0.4, -0.2) is 38.8 Å². The number of benzene rings is 1. The van der Waals surface area contributed by atoms with Gasteiger partial charge in [-0.15, -0.1) is 0 Å². The Labute approximate surface area is 153 Å². The molecule has 1 aromatic heterocycles. The predicted molar refractivity (Wildman–Crippen MR) is 101 cm³/mol. The molecule has 2 N–H and O–H groups in total. The number of guanidine groups is 1. The number of aliphatic imine (C=N–C) groups is 1. The van der Waals surface area contributed by atoms with E-state index in [-0.39, 0.29) is 0 Å². The third-order valence-corrected chi connectivity index (χ3v) is 3.95. The molecule has 0 amide bonds. The van der Waals surface area contributed by atoms with Crippen molar-refractivity contribution >= 4 is 17.6 Å². The van der Waals surface area contributed by atoms with E-state index in [9.17, 15) is 0 Å². The summed E-state index contributed by atoms with van der Waals surface area (Å²) in [7, 11) is 4.96. The van der Waals surface area contributed by atoms with Crippen molar-refractivity contribution in [3.63, 3.8) is 0 Å². The van der Waals surface area contributed by atoms with Gasteiger partial charge in [0.05, 0.1) is 26.5 Å². The molecular weight excluding hydrogens is 340 g/mol. The molecule has 0 fully saturated rings. The minimum Gasteiger partial charge on any atom is -0.497 e. The van der Waals surface area contributed by atoms with Crippen molar-refractivity contribution < 1.29 is 9.47 Å². The zero-order valence-electron chi connectivity index (χ0n) is 14.7. The molecule has 0 aliphatic carbocycles. The molecular formula is C18H23ClN4O2. The number of pyridine rings is 1. The highest BCUT2D eigenvalue weighted by atomic mass is 35.5. The molecule has 2 rings (SSSR count). The zero-order valence-corrected chi connectivity index (χ0v) is 15.4. The van der Waals surface area contributed by atoms with Crippen molar-refractivity contribution in [1.29, 1.82) is 0 Å². The molecule has 0 bridgehead atoms. The van der Waals surface area contributed by atoms with E-state index in [1.807, 2.05) is 36.4 Å². The second kappa shape index (κ2) is 9.74. The number of rotatable bonds is 7. The van der Waals surface area contributed by atoms with Crippen LogP contribution in [0.5, 0.6) is 11.6 Å². The normalized spacial score (nSPS) is 11.1. The SMILES string of the molecule is CN=C(NCCc1ccc(OC)cc1Cl)NCc1cccc(OC)n1. The van der Waals surface area contributed by atoms with Crippen molar-refractivity contribution in [2.24, 2.45) is 4.99 Å². The van der Waals surface area contributed by atoms with Gasteiger partial charge < -0.3 is 20.1 Å². The minimum absolute atomic E-state index is 0.556. The Morgan fingerprint density at radius 1 is 1.16 bits per heavy atom. The maximum Gasteiger partial charge on any atom is 0.213 e. The van der Waals surface area contributed by atoms with E-state index in [1.165, 1.54) is 0 Å². The second-order valence-corrected chi connectivity index (χ2v) is 5.64. The molecule has 25 heavy (non-hydrogen) atoms. The van der Waals surface area contributed by atoms with Crippen molar-refractivity contribution in [2.75, 3.05) is 27.8 Å². The summed E-state index contributed by atoms with van der Waals surface area (Å²) in [5.74, 6) is 2.05. The van der Waals surface area contributed by atoms with Crippen LogP contribution in [0.1, 0.15) is 11.3 Å². The van der Waals surface area contributed by atoms with Crippen LogP contribution in [0.2, 0.25) is 5.02 Å². The van der Waals surface area contributed by atoms with Crippen LogP contribution in [0.4, 0.5) is 0 Å². The maximum absolute atomic E-state index is 6.25. The fraction of sp³-hybridized carbons (Fsp3) is 0.333. The quantitative estimate of drug-likeness (QED) is 0.585. The molecule has 0 saturated carbocycles. The Morgan fingerprint density at radius 2 is 2.00 bits per heavy atom. The first-order valence-electron chi connectivity index (χ1n) is 7.93. The van der Waals surface area contributed by atoms with E-state index in [0.717, 1.165) is 23.4 Å². The molecule has 0 aliphatic rings. The first-order chi connectivity index (χ1) is 12.2. The number of methoxy groups -OCH3 is 2. The van der Waals surface area contributed by atoms with Crippen LogP contribution in [0.25, 0.3) is 0 Å². The van der Waals surface area contributed by atoms with Crippen molar-refractivity contribution in [3.8, 4) is 11.6 Å². The molecule has 0 unspecified atom stereocenters. The third-order valence-electron chi connectivity index (χ3n) is 3.60. The van der Waals surface area contributed by atoms with Gasteiger partial charge in [-0.05, 0) is 30.2 Å². The number of hydrogen-bond acceptors (Lipinski definition) is 4. The number of nitrogens with one attached hydrogen (secondary N) is 2. The molecule has 0 spiro atoms. The monoisotopic (exact) mass is 362 g/mol. The lowest BCUT2D eigenvalue weighted by Gasteiger charge is -2.12. The molecule has 0 saturated heterocycles. The van der Waals surface area contributed by atoms with Crippen LogP contribution in [0.3, 0.4) is 0 Å². The number of nitrogens with zero attached hydrogens (tertiary/aromatic N) is 2. The second-order valence-electron chi connectivity index (χ2n) is 5.23. The first-order valence-corrected chi connectivity index (χ1v) is 8.31. The van der Waals surface area contributed by atoms with E-state index in [4.69, 9.17) is 21.1 Å². The fourth-order valence-corrected chi connectivity index (χ4v) is 2.50. The highest BCUT2D eigenvalue weighted by molar-refractivity contribution is 6.31. The molecule has 0 radical (unpaired) electrons. The average Bonchev–Trinajstić information content (AvgIpc) is 2.65. The zero-order chi connectivity index (χ0) is 18.1. The Kier molecular flexibility index (Phi) is 7.35. The molecule has 1 heterocycles. The topological polar surface area (TPSA) is 67.8 Å². The lowest BCUT2D eigenvalue weighted by molar-refractivity contribution is 0.396. The molecule has 0 atom stereocenters. The summed E-state index contributed by atoms with van der Waals surface area (Å²) in [6, 6.07) is 11.3. The summed E-state index contributed by atoms with van der Waals surface area (Å²) in [4.78, 5) is 8.57. The van der Waals surface area contributed by atoms with Gasteiger partial charge in [-0.1, -0.05) is 23.7 Å². The minimum atomic E-state index is 0.556. The maximum atomic E-state index is 6.25. The molecule has 7 heteroatoms. The smallest absolute Gasteiger partial charge is 0.213 e. The Hall–Kier alpha value is -2.47. The van der Waals surface area contributed by atoms with Crippen LogP contribution in [0.15, 0.2) is 41.4 Å². The van der Waals surface area contributed by atoms with Crippen molar-refractivity contribution in [1.82, 2.24) is 15.6 Å². The number of ether oxygens (including phenoxy) is 2. The van der Waals surface area contributed by atoms with Gasteiger partial charge in [0.15, 0.2) is 5.96 Å². The van der Waals surface area contributed by atoms with Crippen LogP contribution in [0, 0.1) is 0 Å². The summed E-state index contributed by atoms with van der Waals surface area (Å²) in [5.41, 5.74) is 1.93. The average molecular weight is 363 g/mol. The molecule has 6 nitrogen and oxygen atoms in total. The summed E-state index contributed by atoms with van der Waals surface area (Å²) in [6.45, 7) is 1.26. The Bertz CT molecular complexity index is 722. The van der Waals surface area contributed by atoms with Gasteiger partial charge in [0.25, 0.3) is 0 Å². The van der Waals surface area contributed by atoms with Crippen LogP contribution >= 0.6 is 11.6 Å². The van der Waals surface area contributed by atoms with E-state index in [2.05, 4.69) is 20.6 Å². The van der Waals surface area contributed by atoms with Gasteiger partial charge in [0.2, 0.25) is 5.88 Å². The fourth-order valence-electron chi connectivity index (χ4n) is 2.24. The van der Waals surface area contributed by atoms with Crippen LogP contribution in [-0.2, 0) is 13.0 Å². The first kappa shape index (κ1) is 18.9. The van der Waals surface area contributed by atoms with Gasteiger partial charge in [-0.2, -0.15) is 0 Å². The summed E-state index contributed by atoms with van der Waals surface area (Å²) < 4.78 is 10.3. The lowest BCUT2D eigenvalue weighted by atomic mass is 10.1. The largest absolute Gasteiger partial charge is 0.497 e. The van der Waals surface area contributed by atoms with Gasteiger partial charge in [-0.25, -0.2) is 4.98 Å². The summed E-state index contributed by atoms with van der Waals surface area (Å²) >= 11 is 6.25. The van der Waals surface area contributed by atoms with Crippen molar-refractivity contribution in [2.45, 2.75) is 13.0 Å². The van der Waals surface area contributed by atoms with Gasteiger partial charge in [0.1, 0.15) is 5.75 Å².